The van der Waals surface area contributed by atoms with Gasteiger partial charge in [-0.25, -0.2) is 4.39 Å². The summed E-state index contributed by atoms with van der Waals surface area (Å²) in [6, 6.07) is 0. The topological polar surface area (TPSA) is 0 Å². The third kappa shape index (κ3) is 2.33. The van der Waals surface area contributed by atoms with E-state index in [9.17, 15) is 4.39 Å². The molecule has 1 unspecified atom stereocenters. The number of hydrogen-bond donors (Lipinski definition) is 0. The zero-order valence-corrected chi connectivity index (χ0v) is 6.07. The van der Waals surface area contributed by atoms with Crippen LogP contribution in [0, 0.1) is 5.92 Å². The van der Waals surface area contributed by atoms with Crippen molar-refractivity contribution in [2.24, 2.45) is 5.92 Å². The quantitative estimate of drug-likeness (QED) is 0.442. The lowest BCUT2D eigenvalue weighted by Crippen LogP contribution is -2.01. The third-order valence-corrected chi connectivity index (χ3v) is 2.12. The molecule has 0 bridgehead atoms. The molecule has 0 aromatic heterocycles. The molecule has 9 heavy (non-hydrogen) atoms. The van der Waals surface area contributed by atoms with Crippen molar-refractivity contribution >= 4 is 0 Å². The molecule has 0 N–H and O–H groups in total. The van der Waals surface area contributed by atoms with Gasteiger partial charge in [0.1, 0.15) is 6.17 Å². The van der Waals surface area contributed by atoms with Gasteiger partial charge in [0.05, 0.1) is 0 Å². The van der Waals surface area contributed by atoms with Crippen molar-refractivity contribution in [3.05, 3.63) is 0 Å². The maximum absolute atomic E-state index is 12.7. The Morgan fingerprint density at radius 3 is 2.67 bits per heavy atom. The molecule has 0 aromatic carbocycles. The number of hydrogen-bond acceptors (Lipinski definition) is 0. The molecule has 0 aromatic rings. The van der Waals surface area contributed by atoms with Gasteiger partial charge in [-0.05, 0) is 18.8 Å². The largest absolute Gasteiger partial charge is 0.247 e. The van der Waals surface area contributed by atoms with Gasteiger partial charge in [-0.1, -0.05) is 26.2 Å². The lowest BCUT2D eigenvalue weighted by Gasteiger charge is -2.06. The normalized spacial score (nSPS) is 38.0. The Morgan fingerprint density at radius 1 is 1.22 bits per heavy atom. The molecule has 1 aliphatic carbocycles. The van der Waals surface area contributed by atoms with Crippen molar-refractivity contribution < 1.29 is 4.39 Å². The monoisotopic (exact) mass is 130 g/mol. The molecular formula is C8H15F. The second kappa shape index (κ2) is 3.19. The van der Waals surface area contributed by atoms with Crippen molar-refractivity contribution in [1.82, 2.24) is 0 Å². The van der Waals surface area contributed by atoms with Crippen molar-refractivity contribution in [3.8, 4) is 0 Å². The summed E-state index contributed by atoms with van der Waals surface area (Å²) >= 11 is 0. The first-order valence-corrected chi connectivity index (χ1v) is 3.93. The zero-order chi connectivity index (χ0) is 6.69. The molecule has 1 saturated carbocycles. The first-order valence-electron chi connectivity index (χ1n) is 3.93. The summed E-state index contributed by atoms with van der Waals surface area (Å²) in [7, 11) is 0. The molecule has 0 aliphatic heterocycles. The number of rotatable bonds is 0. The molecule has 0 amide bonds. The lowest BCUT2D eigenvalue weighted by atomic mass is 10.0. The van der Waals surface area contributed by atoms with Gasteiger partial charge >= 0.3 is 0 Å². The highest BCUT2D eigenvalue weighted by atomic mass is 19.1. The summed E-state index contributed by atoms with van der Waals surface area (Å²) in [5.74, 6) is 0.627. The fraction of sp³-hybridized carbons (Fsp3) is 1.00. The summed E-state index contributed by atoms with van der Waals surface area (Å²) < 4.78 is 12.7. The molecule has 0 spiro atoms. The van der Waals surface area contributed by atoms with E-state index >= 15 is 0 Å². The second-order valence-corrected chi connectivity index (χ2v) is 3.22. The van der Waals surface area contributed by atoms with Crippen LogP contribution in [0.4, 0.5) is 4.39 Å². The highest BCUT2D eigenvalue weighted by molar-refractivity contribution is 4.66. The molecular weight excluding hydrogens is 115 g/mol. The summed E-state index contributed by atoms with van der Waals surface area (Å²) in [5, 5.41) is 0. The SMILES string of the molecule is CC1CCCC[C@@H](F)C1. The van der Waals surface area contributed by atoms with Gasteiger partial charge in [0.25, 0.3) is 0 Å². The minimum absolute atomic E-state index is 0.498. The highest BCUT2D eigenvalue weighted by Gasteiger charge is 2.15. The first kappa shape index (κ1) is 7.04. The van der Waals surface area contributed by atoms with Crippen LogP contribution in [0.1, 0.15) is 39.0 Å². The molecule has 1 rings (SSSR count). The molecule has 0 heterocycles. The highest BCUT2D eigenvalue weighted by Crippen LogP contribution is 2.24. The molecule has 1 heteroatoms. The summed E-state index contributed by atoms with van der Waals surface area (Å²) in [6.45, 7) is 2.15. The van der Waals surface area contributed by atoms with Crippen LogP contribution in [0.15, 0.2) is 0 Å². The van der Waals surface area contributed by atoms with E-state index in [1.165, 1.54) is 12.8 Å². The minimum Gasteiger partial charge on any atom is -0.247 e. The van der Waals surface area contributed by atoms with Crippen LogP contribution in [0.3, 0.4) is 0 Å². The van der Waals surface area contributed by atoms with Gasteiger partial charge in [-0.3, -0.25) is 0 Å². The summed E-state index contributed by atoms with van der Waals surface area (Å²) in [5.41, 5.74) is 0. The van der Waals surface area contributed by atoms with E-state index in [1.54, 1.807) is 0 Å². The zero-order valence-electron chi connectivity index (χ0n) is 6.07. The Morgan fingerprint density at radius 2 is 1.89 bits per heavy atom. The predicted molar refractivity (Wildman–Crippen MR) is 37.1 cm³/mol. The van der Waals surface area contributed by atoms with Crippen LogP contribution in [0.2, 0.25) is 0 Å². The molecule has 1 aliphatic rings. The van der Waals surface area contributed by atoms with Crippen LogP contribution < -0.4 is 0 Å². The summed E-state index contributed by atoms with van der Waals surface area (Å²) in [6.07, 6.45) is 4.69. The molecule has 1 fully saturated rings. The Hall–Kier alpha value is -0.0700. The van der Waals surface area contributed by atoms with Crippen molar-refractivity contribution in [2.75, 3.05) is 0 Å². The number of alkyl halides is 1. The van der Waals surface area contributed by atoms with Gasteiger partial charge in [-0.15, -0.1) is 0 Å². The van der Waals surface area contributed by atoms with Gasteiger partial charge < -0.3 is 0 Å². The minimum atomic E-state index is -0.498. The molecule has 54 valence electrons. The van der Waals surface area contributed by atoms with E-state index in [-0.39, 0.29) is 0 Å². The average molecular weight is 130 g/mol. The maximum atomic E-state index is 12.7. The van der Waals surface area contributed by atoms with Crippen LogP contribution >= 0.6 is 0 Å². The van der Waals surface area contributed by atoms with E-state index in [4.69, 9.17) is 0 Å². The molecule has 0 radical (unpaired) electrons. The third-order valence-electron chi connectivity index (χ3n) is 2.12. The first-order chi connectivity index (χ1) is 4.29. The lowest BCUT2D eigenvalue weighted by molar-refractivity contribution is 0.275. The fourth-order valence-electron chi connectivity index (χ4n) is 1.53. The second-order valence-electron chi connectivity index (χ2n) is 3.22. The van der Waals surface area contributed by atoms with Crippen LogP contribution in [-0.4, -0.2) is 6.17 Å². The Labute approximate surface area is 56.5 Å². The summed E-state index contributed by atoms with van der Waals surface area (Å²) in [4.78, 5) is 0. The van der Waals surface area contributed by atoms with E-state index < -0.39 is 6.17 Å². The smallest absolute Gasteiger partial charge is 0.100 e. The van der Waals surface area contributed by atoms with Crippen LogP contribution in [0.5, 0.6) is 0 Å². The predicted octanol–water partition coefficient (Wildman–Crippen LogP) is 2.92. The van der Waals surface area contributed by atoms with E-state index in [0.717, 1.165) is 19.3 Å². The molecule has 0 nitrogen and oxygen atoms in total. The van der Waals surface area contributed by atoms with Crippen LogP contribution in [0.25, 0.3) is 0 Å². The Bertz CT molecular complexity index is 70.6. The van der Waals surface area contributed by atoms with E-state index in [0.29, 0.717) is 5.92 Å². The van der Waals surface area contributed by atoms with Gasteiger partial charge in [0.15, 0.2) is 0 Å². The Kier molecular flexibility index (Phi) is 2.49. The van der Waals surface area contributed by atoms with Gasteiger partial charge in [-0.2, -0.15) is 0 Å². The van der Waals surface area contributed by atoms with Crippen molar-refractivity contribution in [1.29, 1.82) is 0 Å². The number of halogens is 1. The van der Waals surface area contributed by atoms with Crippen molar-refractivity contribution in [3.63, 3.8) is 0 Å². The molecule has 0 saturated heterocycles. The van der Waals surface area contributed by atoms with E-state index in [1.807, 2.05) is 0 Å². The van der Waals surface area contributed by atoms with Crippen molar-refractivity contribution in [2.45, 2.75) is 45.2 Å². The standard InChI is InChI=1S/C8H15F/c1-7-4-2-3-5-8(9)6-7/h7-8H,2-6H2,1H3/t7?,8-/m1/s1. The van der Waals surface area contributed by atoms with Gasteiger partial charge in [0, 0.05) is 0 Å². The maximum Gasteiger partial charge on any atom is 0.100 e. The van der Waals surface area contributed by atoms with Crippen LogP contribution in [-0.2, 0) is 0 Å². The fourth-order valence-corrected chi connectivity index (χ4v) is 1.53. The van der Waals surface area contributed by atoms with Gasteiger partial charge in [0.2, 0.25) is 0 Å². The van der Waals surface area contributed by atoms with E-state index in [2.05, 4.69) is 6.92 Å². The Balaban J connectivity index is 2.29. The average Bonchev–Trinajstić information content (AvgIpc) is 1.93. The molecule has 2 atom stereocenters.